The molecule has 6 nitrogen and oxygen atoms in total. The van der Waals surface area contributed by atoms with E-state index in [0.29, 0.717) is 34.6 Å². The third-order valence-electron chi connectivity index (χ3n) is 5.29. The largest absolute Gasteiger partial charge is 0.494 e. The lowest BCUT2D eigenvalue weighted by Crippen LogP contribution is -2.32. The summed E-state index contributed by atoms with van der Waals surface area (Å²) in [6.45, 7) is 4.10. The predicted octanol–water partition coefficient (Wildman–Crippen LogP) is 6.45. The number of imidazole rings is 1. The van der Waals surface area contributed by atoms with Crippen LogP contribution in [-0.4, -0.2) is 33.6 Å². The number of anilines is 1. The van der Waals surface area contributed by atoms with Crippen molar-refractivity contribution in [3.63, 3.8) is 0 Å². The maximum Gasteiger partial charge on any atom is 0.260 e. The van der Waals surface area contributed by atoms with Gasteiger partial charge in [0.05, 0.1) is 22.7 Å². The van der Waals surface area contributed by atoms with E-state index in [1.807, 2.05) is 53.2 Å². The Balaban J connectivity index is 1.56. The second-order valence-corrected chi connectivity index (χ2v) is 9.19. The predicted molar refractivity (Wildman–Crippen MR) is 135 cm³/mol. The average molecular weight is 483 g/mol. The lowest BCUT2D eigenvalue weighted by Gasteiger charge is -2.20. The Morgan fingerprint density at radius 2 is 2.06 bits per heavy atom. The molecule has 0 saturated heterocycles. The summed E-state index contributed by atoms with van der Waals surface area (Å²) >= 11 is 7.82. The number of hydrogen-bond acceptors (Lipinski definition) is 5. The van der Waals surface area contributed by atoms with Gasteiger partial charge >= 0.3 is 0 Å². The first-order chi connectivity index (χ1) is 16.2. The molecule has 1 amide bonds. The van der Waals surface area contributed by atoms with E-state index in [1.54, 1.807) is 17.4 Å². The number of hydrogen-bond donors (Lipinski definition) is 0. The van der Waals surface area contributed by atoms with E-state index >= 15 is 0 Å². The minimum atomic E-state index is -0.102. The van der Waals surface area contributed by atoms with E-state index < -0.39 is 0 Å². The minimum absolute atomic E-state index is 0.102. The van der Waals surface area contributed by atoms with Gasteiger partial charge in [0.1, 0.15) is 11.3 Å². The number of fused-ring (bicyclic) bond motifs is 1. The van der Waals surface area contributed by atoms with Crippen molar-refractivity contribution in [2.75, 3.05) is 18.1 Å². The Labute approximate surface area is 202 Å². The average Bonchev–Trinajstić information content (AvgIpc) is 3.50. The second-order valence-electron chi connectivity index (χ2n) is 7.78. The number of halogens is 1. The van der Waals surface area contributed by atoms with Gasteiger partial charge < -0.3 is 9.30 Å². The quantitative estimate of drug-likeness (QED) is 0.230. The van der Waals surface area contributed by atoms with E-state index in [4.69, 9.17) is 21.3 Å². The highest BCUT2D eigenvalue weighted by molar-refractivity contribution is 7.22. The number of ether oxygens (including phenoxy) is 1. The third-order valence-corrected chi connectivity index (χ3v) is 6.64. The number of nitrogens with zero attached hydrogens (tertiary/aromatic N) is 4. The lowest BCUT2D eigenvalue weighted by molar-refractivity contribution is 0.0986. The van der Waals surface area contributed by atoms with Gasteiger partial charge in [-0.15, -0.1) is 0 Å². The van der Waals surface area contributed by atoms with Crippen LogP contribution in [0.25, 0.3) is 10.2 Å². The van der Waals surface area contributed by atoms with Gasteiger partial charge in [0.25, 0.3) is 5.91 Å². The number of rotatable bonds is 11. The Morgan fingerprint density at radius 3 is 2.85 bits per heavy atom. The molecule has 0 unspecified atom stereocenters. The fraction of sp³-hybridized carbons (Fsp3) is 0.320. The van der Waals surface area contributed by atoms with Gasteiger partial charge in [-0.25, -0.2) is 9.97 Å². The highest BCUT2D eigenvalue weighted by atomic mass is 35.5. The Kier molecular flexibility index (Phi) is 7.96. The summed E-state index contributed by atoms with van der Waals surface area (Å²) in [6.07, 6.45) is 9.49. The van der Waals surface area contributed by atoms with Crippen molar-refractivity contribution >= 4 is 44.2 Å². The molecule has 0 saturated carbocycles. The van der Waals surface area contributed by atoms with Crippen LogP contribution in [0, 0.1) is 0 Å². The number of benzene rings is 2. The highest BCUT2D eigenvalue weighted by Gasteiger charge is 2.22. The summed E-state index contributed by atoms with van der Waals surface area (Å²) in [5.41, 5.74) is 1.30. The normalized spacial score (nSPS) is 11.1. The number of carbonyl (C=O) groups excluding carboxylic acids is 1. The molecule has 0 aliphatic rings. The van der Waals surface area contributed by atoms with E-state index in [9.17, 15) is 4.79 Å². The number of unbranched alkanes of at least 4 members (excludes halogenated alkanes) is 2. The van der Waals surface area contributed by atoms with Crippen LogP contribution in [0.4, 0.5) is 5.13 Å². The summed E-state index contributed by atoms with van der Waals surface area (Å²) in [5, 5.41) is 1.23. The molecule has 2 aromatic heterocycles. The summed E-state index contributed by atoms with van der Waals surface area (Å²) in [5.74, 6) is 0.609. The monoisotopic (exact) mass is 482 g/mol. The number of aromatic nitrogens is 3. The Morgan fingerprint density at radius 1 is 1.18 bits per heavy atom. The molecule has 4 rings (SSSR count). The van der Waals surface area contributed by atoms with Crippen LogP contribution in [0.15, 0.2) is 61.2 Å². The molecular formula is C25H27ClN4O2S. The summed E-state index contributed by atoms with van der Waals surface area (Å²) < 4.78 is 8.83. The first kappa shape index (κ1) is 23.3. The maximum atomic E-state index is 13.6. The van der Waals surface area contributed by atoms with Crippen molar-refractivity contribution in [3.8, 4) is 5.75 Å². The molecule has 33 heavy (non-hydrogen) atoms. The second kappa shape index (κ2) is 11.3. The summed E-state index contributed by atoms with van der Waals surface area (Å²) in [7, 11) is 0. The van der Waals surface area contributed by atoms with Crippen LogP contribution in [0.5, 0.6) is 5.75 Å². The van der Waals surface area contributed by atoms with E-state index in [0.717, 1.165) is 42.4 Å². The van der Waals surface area contributed by atoms with Crippen LogP contribution in [0.3, 0.4) is 0 Å². The first-order valence-corrected chi connectivity index (χ1v) is 12.4. The first-order valence-electron chi connectivity index (χ1n) is 11.2. The maximum absolute atomic E-state index is 13.6. The van der Waals surface area contributed by atoms with Crippen molar-refractivity contribution < 1.29 is 9.53 Å². The van der Waals surface area contributed by atoms with Crippen LogP contribution in [0.2, 0.25) is 5.02 Å². The molecule has 8 heteroatoms. The van der Waals surface area contributed by atoms with Gasteiger partial charge in [-0.3, -0.25) is 9.69 Å². The number of para-hydroxylation sites is 1. The molecule has 0 radical (unpaired) electrons. The molecule has 0 aliphatic heterocycles. The molecule has 4 aromatic rings. The summed E-state index contributed by atoms with van der Waals surface area (Å²) in [4.78, 5) is 24.2. The van der Waals surface area contributed by atoms with Crippen molar-refractivity contribution in [2.45, 2.75) is 39.2 Å². The molecule has 0 atom stereocenters. The number of amides is 1. The molecule has 0 aliphatic carbocycles. The van der Waals surface area contributed by atoms with Gasteiger partial charge in [0, 0.05) is 31.0 Å². The number of thiazole rings is 1. The molecule has 0 N–H and O–H groups in total. The van der Waals surface area contributed by atoms with Crippen LogP contribution < -0.4 is 9.64 Å². The van der Waals surface area contributed by atoms with E-state index in [-0.39, 0.29) is 5.91 Å². The van der Waals surface area contributed by atoms with E-state index in [2.05, 4.69) is 11.9 Å². The standard InChI is InChI=1S/C25H27ClN4O2S/c1-2-3-4-16-32-20-9-5-8-19(17-20)24(31)30(14-7-13-29-15-12-27-18-29)25-28-23-21(26)10-6-11-22(23)33-25/h5-6,8-12,15,17-18H,2-4,7,13-14,16H2,1H3. The minimum Gasteiger partial charge on any atom is -0.494 e. The van der Waals surface area contributed by atoms with Crippen molar-refractivity contribution in [1.82, 2.24) is 14.5 Å². The van der Waals surface area contributed by atoms with Crippen molar-refractivity contribution in [3.05, 3.63) is 71.8 Å². The fourth-order valence-electron chi connectivity index (χ4n) is 3.55. The number of aryl methyl sites for hydroxylation is 1. The molecule has 2 heterocycles. The fourth-order valence-corrected chi connectivity index (χ4v) is 4.84. The zero-order valence-corrected chi connectivity index (χ0v) is 20.2. The Bertz CT molecular complexity index is 1190. The van der Waals surface area contributed by atoms with Crippen molar-refractivity contribution in [2.24, 2.45) is 0 Å². The zero-order valence-electron chi connectivity index (χ0n) is 18.6. The smallest absolute Gasteiger partial charge is 0.260 e. The Hall–Kier alpha value is -2.90. The van der Waals surface area contributed by atoms with Gasteiger partial charge in [-0.05, 0) is 43.2 Å². The van der Waals surface area contributed by atoms with Crippen LogP contribution >= 0.6 is 22.9 Å². The number of carbonyl (C=O) groups is 1. The van der Waals surface area contributed by atoms with Crippen molar-refractivity contribution in [1.29, 1.82) is 0 Å². The van der Waals surface area contributed by atoms with Gasteiger partial charge in [-0.2, -0.15) is 0 Å². The third kappa shape index (κ3) is 5.92. The topological polar surface area (TPSA) is 60.2 Å². The van der Waals surface area contributed by atoms with Gasteiger partial charge in [0.15, 0.2) is 5.13 Å². The highest BCUT2D eigenvalue weighted by Crippen LogP contribution is 2.33. The zero-order chi connectivity index (χ0) is 23.0. The molecule has 0 fully saturated rings. The molecule has 2 aromatic carbocycles. The van der Waals surface area contributed by atoms with Crippen LogP contribution in [-0.2, 0) is 6.54 Å². The molecule has 0 bridgehead atoms. The summed E-state index contributed by atoms with van der Waals surface area (Å²) in [6, 6.07) is 13.1. The van der Waals surface area contributed by atoms with Gasteiger partial charge in [0.2, 0.25) is 0 Å². The molecule has 0 spiro atoms. The molecule has 172 valence electrons. The molecular weight excluding hydrogens is 456 g/mol. The van der Waals surface area contributed by atoms with E-state index in [1.165, 1.54) is 11.3 Å². The SMILES string of the molecule is CCCCCOc1cccc(C(=O)N(CCCn2ccnc2)c2nc3c(Cl)cccc3s2)c1. The lowest BCUT2D eigenvalue weighted by atomic mass is 10.2. The van der Waals surface area contributed by atoms with Gasteiger partial charge in [-0.1, -0.05) is 54.8 Å². The van der Waals surface area contributed by atoms with Crippen LogP contribution in [0.1, 0.15) is 43.0 Å².